The van der Waals surface area contributed by atoms with Gasteiger partial charge in [0.2, 0.25) is 5.91 Å². The van der Waals surface area contributed by atoms with Crippen LogP contribution < -0.4 is 5.32 Å². The summed E-state index contributed by atoms with van der Waals surface area (Å²) < 4.78 is 13.4. The Kier molecular flexibility index (Phi) is 6.08. The number of aliphatic carboxylic acids is 1. The van der Waals surface area contributed by atoms with Gasteiger partial charge in [0.05, 0.1) is 0 Å². The SMILES string of the molecule is CSCCC(=O)Nc1ccc(F)c(/C=C/C(=O)O)c1. The summed E-state index contributed by atoms with van der Waals surface area (Å²) in [6, 6.07) is 4.02. The van der Waals surface area contributed by atoms with Crippen molar-refractivity contribution in [3.8, 4) is 0 Å². The molecule has 102 valence electrons. The minimum atomic E-state index is -1.16. The number of halogens is 1. The maximum absolute atomic E-state index is 13.4. The molecule has 0 fully saturated rings. The molecule has 0 aliphatic rings. The summed E-state index contributed by atoms with van der Waals surface area (Å²) in [7, 11) is 0. The Balaban J connectivity index is 2.78. The summed E-state index contributed by atoms with van der Waals surface area (Å²) in [5.41, 5.74) is 0.558. The molecule has 0 aliphatic heterocycles. The van der Waals surface area contributed by atoms with Crippen molar-refractivity contribution in [2.75, 3.05) is 17.3 Å². The molecule has 0 heterocycles. The average molecular weight is 283 g/mol. The zero-order valence-corrected chi connectivity index (χ0v) is 11.2. The van der Waals surface area contributed by atoms with Gasteiger partial charge < -0.3 is 10.4 Å². The first kappa shape index (κ1) is 15.2. The first-order chi connectivity index (χ1) is 9.02. The van der Waals surface area contributed by atoms with Gasteiger partial charge >= 0.3 is 5.97 Å². The lowest BCUT2D eigenvalue weighted by molar-refractivity contribution is -0.131. The summed E-state index contributed by atoms with van der Waals surface area (Å²) in [6.45, 7) is 0. The van der Waals surface area contributed by atoms with Crippen molar-refractivity contribution in [2.24, 2.45) is 0 Å². The van der Waals surface area contributed by atoms with Crippen molar-refractivity contribution in [2.45, 2.75) is 6.42 Å². The highest BCUT2D eigenvalue weighted by atomic mass is 32.2. The van der Waals surface area contributed by atoms with E-state index >= 15 is 0 Å². The van der Waals surface area contributed by atoms with Crippen molar-refractivity contribution >= 4 is 35.4 Å². The minimum absolute atomic E-state index is 0.116. The molecule has 4 nitrogen and oxygen atoms in total. The van der Waals surface area contributed by atoms with E-state index in [1.165, 1.54) is 18.2 Å². The lowest BCUT2D eigenvalue weighted by atomic mass is 10.1. The summed E-state index contributed by atoms with van der Waals surface area (Å²) in [5.74, 6) is -1.15. The van der Waals surface area contributed by atoms with Gasteiger partial charge in [-0.05, 0) is 30.5 Å². The predicted octanol–water partition coefficient (Wildman–Crippen LogP) is 2.62. The number of amides is 1. The van der Waals surface area contributed by atoms with Crippen LogP contribution in [0.15, 0.2) is 24.3 Å². The van der Waals surface area contributed by atoms with Crippen LogP contribution in [0.25, 0.3) is 6.08 Å². The molecule has 1 amide bonds. The number of hydrogen-bond acceptors (Lipinski definition) is 3. The smallest absolute Gasteiger partial charge is 0.328 e. The number of anilines is 1. The monoisotopic (exact) mass is 283 g/mol. The number of carboxylic acid groups (broad SMARTS) is 1. The molecular weight excluding hydrogens is 269 g/mol. The number of hydrogen-bond donors (Lipinski definition) is 2. The van der Waals surface area contributed by atoms with Crippen LogP contribution >= 0.6 is 11.8 Å². The number of nitrogens with one attached hydrogen (secondary N) is 1. The fourth-order valence-electron chi connectivity index (χ4n) is 1.33. The van der Waals surface area contributed by atoms with Gasteiger partial charge in [-0.1, -0.05) is 0 Å². The lowest BCUT2D eigenvalue weighted by Gasteiger charge is -2.06. The van der Waals surface area contributed by atoms with Crippen LogP contribution in [-0.4, -0.2) is 29.0 Å². The molecule has 2 N–H and O–H groups in total. The topological polar surface area (TPSA) is 66.4 Å². The van der Waals surface area contributed by atoms with Gasteiger partial charge in [-0.2, -0.15) is 11.8 Å². The van der Waals surface area contributed by atoms with Gasteiger partial charge in [-0.15, -0.1) is 0 Å². The van der Waals surface area contributed by atoms with Gasteiger partial charge in [-0.3, -0.25) is 4.79 Å². The Bertz CT molecular complexity index is 503. The van der Waals surface area contributed by atoms with Crippen LogP contribution in [0.1, 0.15) is 12.0 Å². The van der Waals surface area contributed by atoms with Crippen molar-refractivity contribution in [1.82, 2.24) is 0 Å². The van der Waals surface area contributed by atoms with E-state index in [1.54, 1.807) is 11.8 Å². The molecule has 0 unspecified atom stereocenters. The largest absolute Gasteiger partial charge is 0.478 e. The molecular formula is C13H14FNO3S. The van der Waals surface area contributed by atoms with Gasteiger partial charge in [0, 0.05) is 29.5 Å². The molecule has 1 rings (SSSR count). The van der Waals surface area contributed by atoms with E-state index in [-0.39, 0.29) is 11.5 Å². The number of benzene rings is 1. The van der Waals surface area contributed by atoms with E-state index in [1.807, 2.05) is 6.26 Å². The minimum Gasteiger partial charge on any atom is -0.478 e. The molecule has 0 saturated carbocycles. The van der Waals surface area contributed by atoms with Gasteiger partial charge in [0.15, 0.2) is 0 Å². The lowest BCUT2D eigenvalue weighted by Crippen LogP contribution is -2.12. The van der Waals surface area contributed by atoms with Crippen LogP contribution in [0, 0.1) is 5.82 Å². The van der Waals surface area contributed by atoms with E-state index in [0.717, 1.165) is 12.2 Å². The maximum Gasteiger partial charge on any atom is 0.328 e. The van der Waals surface area contributed by atoms with Crippen LogP contribution in [0.3, 0.4) is 0 Å². The fourth-order valence-corrected chi connectivity index (χ4v) is 1.72. The molecule has 0 aromatic heterocycles. The molecule has 0 aliphatic carbocycles. The highest BCUT2D eigenvalue weighted by Crippen LogP contribution is 2.16. The number of carbonyl (C=O) groups is 2. The van der Waals surface area contributed by atoms with Crippen molar-refractivity contribution < 1.29 is 19.1 Å². The predicted molar refractivity (Wildman–Crippen MR) is 74.7 cm³/mol. The van der Waals surface area contributed by atoms with Crippen molar-refractivity contribution in [1.29, 1.82) is 0 Å². The third-order valence-electron chi connectivity index (χ3n) is 2.22. The first-order valence-electron chi connectivity index (χ1n) is 5.52. The molecule has 1 aromatic rings. The van der Waals surface area contributed by atoms with Gasteiger partial charge in [0.25, 0.3) is 0 Å². The van der Waals surface area contributed by atoms with E-state index in [0.29, 0.717) is 17.9 Å². The molecule has 0 bridgehead atoms. The second kappa shape index (κ2) is 7.58. The number of thioether (sulfide) groups is 1. The zero-order valence-electron chi connectivity index (χ0n) is 10.4. The van der Waals surface area contributed by atoms with Crippen molar-refractivity contribution in [3.05, 3.63) is 35.7 Å². The van der Waals surface area contributed by atoms with E-state index in [2.05, 4.69) is 5.32 Å². The summed E-state index contributed by atoms with van der Waals surface area (Å²) >= 11 is 1.56. The number of rotatable bonds is 6. The molecule has 0 saturated heterocycles. The van der Waals surface area contributed by atoms with Crippen molar-refractivity contribution in [3.63, 3.8) is 0 Å². The molecule has 6 heteroatoms. The van der Waals surface area contributed by atoms with Crippen LogP contribution in [-0.2, 0) is 9.59 Å². The molecule has 0 atom stereocenters. The number of carboxylic acids is 1. The normalized spacial score (nSPS) is 10.6. The van der Waals surface area contributed by atoms with Crippen LogP contribution in [0.4, 0.5) is 10.1 Å². The second-order valence-corrected chi connectivity index (χ2v) is 4.68. The van der Waals surface area contributed by atoms with Crippen LogP contribution in [0.2, 0.25) is 0 Å². The van der Waals surface area contributed by atoms with Gasteiger partial charge in [-0.25, -0.2) is 9.18 Å². The quantitative estimate of drug-likeness (QED) is 0.788. The van der Waals surface area contributed by atoms with E-state index < -0.39 is 11.8 Å². The Hall–Kier alpha value is -1.82. The fraction of sp³-hybridized carbons (Fsp3) is 0.231. The van der Waals surface area contributed by atoms with Gasteiger partial charge in [0.1, 0.15) is 5.82 Å². The van der Waals surface area contributed by atoms with E-state index in [4.69, 9.17) is 5.11 Å². The Morgan fingerprint density at radius 2 is 2.21 bits per heavy atom. The Labute approximate surface area is 114 Å². The maximum atomic E-state index is 13.4. The molecule has 0 spiro atoms. The zero-order chi connectivity index (χ0) is 14.3. The molecule has 1 aromatic carbocycles. The summed E-state index contributed by atoms with van der Waals surface area (Å²) in [4.78, 5) is 21.9. The summed E-state index contributed by atoms with van der Waals surface area (Å²) in [5, 5.41) is 11.1. The number of carbonyl (C=O) groups excluding carboxylic acids is 1. The molecule has 0 radical (unpaired) electrons. The summed E-state index contributed by atoms with van der Waals surface area (Å²) in [6.07, 6.45) is 4.27. The highest BCUT2D eigenvalue weighted by Gasteiger charge is 2.05. The molecule has 19 heavy (non-hydrogen) atoms. The highest BCUT2D eigenvalue weighted by molar-refractivity contribution is 7.98. The first-order valence-corrected chi connectivity index (χ1v) is 6.91. The Morgan fingerprint density at radius 3 is 2.84 bits per heavy atom. The van der Waals surface area contributed by atoms with Crippen LogP contribution in [0.5, 0.6) is 0 Å². The standard InChI is InChI=1S/C13H14FNO3S/c1-19-7-6-12(16)15-10-3-4-11(14)9(8-10)2-5-13(17)18/h2-5,8H,6-7H2,1H3,(H,15,16)(H,17,18)/b5-2+. The Morgan fingerprint density at radius 1 is 1.47 bits per heavy atom. The van der Waals surface area contributed by atoms with E-state index in [9.17, 15) is 14.0 Å². The third kappa shape index (κ3) is 5.56. The second-order valence-electron chi connectivity index (χ2n) is 3.70. The third-order valence-corrected chi connectivity index (χ3v) is 2.83. The average Bonchev–Trinajstić information content (AvgIpc) is 2.37.